The van der Waals surface area contributed by atoms with E-state index in [9.17, 15) is 4.79 Å². The van der Waals surface area contributed by atoms with Crippen LogP contribution < -0.4 is 5.32 Å². The largest absolute Gasteiger partial charge is 0.340 e. The van der Waals surface area contributed by atoms with Gasteiger partial charge in [0, 0.05) is 18.8 Å². The highest BCUT2D eigenvalue weighted by Gasteiger charge is 2.24. The van der Waals surface area contributed by atoms with Gasteiger partial charge >= 0.3 is 0 Å². The lowest BCUT2D eigenvalue weighted by Crippen LogP contribution is -2.46. The van der Waals surface area contributed by atoms with Crippen molar-refractivity contribution in [3.63, 3.8) is 0 Å². The SMILES string of the molecule is CCN(C(=O)Cc1ncccc1C)C1CCNCC1. The van der Waals surface area contributed by atoms with Crippen LogP contribution in [0.5, 0.6) is 0 Å². The van der Waals surface area contributed by atoms with Crippen molar-refractivity contribution in [2.45, 2.75) is 39.2 Å². The molecular weight excluding hydrogens is 238 g/mol. The van der Waals surface area contributed by atoms with Crippen molar-refractivity contribution < 1.29 is 4.79 Å². The number of hydrogen-bond acceptors (Lipinski definition) is 3. The summed E-state index contributed by atoms with van der Waals surface area (Å²) in [7, 11) is 0. The Morgan fingerprint density at radius 1 is 1.47 bits per heavy atom. The Kier molecular flexibility index (Phi) is 4.91. The quantitative estimate of drug-likeness (QED) is 0.894. The highest BCUT2D eigenvalue weighted by molar-refractivity contribution is 5.79. The average Bonchev–Trinajstić information content (AvgIpc) is 2.43. The lowest BCUT2D eigenvalue weighted by molar-refractivity contribution is -0.133. The van der Waals surface area contributed by atoms with Crippen molar-refractivity contribution in [2.75, 3.05) is 19.6 Å². The number of aromatic nitrogens is 1. The van der Waals surface area contributed by atoms with Crippen LogP contribution in [-0.2, 0) is 11.2 Å². The molecule has 4 nitrogen and oxygen atoms in total. The number of likely N-dealkylation sites (N-methyl/N-ethyl adjacent to an activating group) is 1. The Hall–Kier alpha value is -1.42. The first-order chi connectivity index (χ1) is 9.22. The molecule has 0 aliphatic carbocycles. The van der Waals surface area contributed by atoms with Crippen LogP contribution in [0.2, 0.25) is 0 Å². The minimum absolute atomic E-state index is 0.205. The van der Waals surface area contributed by atoms with Crippen LogP contribution in [0.25, 0.3) is 0 Å². The summed E-state index contributed by atoms with van der Waals surface area (Å²) in [5, 5.41) is 3.34. The third-order valence-corrected chi connectivity index (χ3v) is 3.85. The van der Waals surface area contributed by atoms with Gasteiger partial charge in [0.1, 0.15) is 0 Å². The number of nitrogens with zero attached hydrogens (tertiary/aromatic N) is 2. The third-order valence-electron chi connectivity index (χ3n) is 3.85. The fourth-order valence-electron chi connectivity index (χ4n) is 2.70. The topological polar surface area (TPSA) is 45.2 Å². The molecule has 1 amide bonds. The third kappa shape index (κ3) is 3.53. The van der Waals surface area contributed by atoms with Gasteiger partial charge in [-0.05, 0) is 51.4 Å². The number of carbonyl (C=O) groups excluding carboxylic acids is 1. The van der Waals surface area contributed by atoms with Crippen molar-refractivity contribution in [2.24, 2.45) is 0 Å². The highest BCUT2D eigenvalue weighted by Crippen LogP contribution is 2.14. The van der Waals surface area contributed by atoms with Crippen LogP contribution in [0.3, 0.4) is 0 Å². The van der Waals surface area contributed by atoms with E-state index >= 15 is 0 Å². The predicted molar refractivity (Wildman–Crippen MR) is 76.0 cm³/mol. The maximum absolute atomic E-state index is 12.5. The van der Waals surface area contributed by atoms with Gasteiger partial charge in [-0.1, -0.05) is 6.07 Å². The Bertz CT molecular complexity index is 427. The molecule has 1 aromatic heterocycles. The van der Waals surface area contributed by atoms with E-state index in [0.717, 1.165) is 43.7 Å². The van der Waals surface area contributed by atoms with Crippen molar-refractivity contribution in [3.8, 4) is 0 Å². The minimum Gasteiger partial charge on any atom is -0.340 e. The fourth-order valence-corrected chi connectivity index (χ4v) is 2.70. The first-order valence-electron chi connectivity index (χ1n) is 7.13. The Balaban J connectivity index is 2.02. The van der Waals surface area contributed by atoms with E-state index in [0.29, 0.717) is 12.5 Å². The van der Waals surface area contributed by atoms with E-state index in [4.69, 9.17) is 0 Å². The van der Waals surface area contributed by atoms with Crippen molar-refractivity contribution in [3.05, 3.63) is 29.6 Å². The lowest BCUT2D eigenvalue weighted by atomic mass is 10.0. The number of piperidine rings is 1. The van der Waals surface area contributed by atoms with E-state index in [2.05, 4.69) is 17.2 Å². The fraction of sp³-hybridized carbons (Fsp3) is 0.600. The number of pyridine rings is 1. The minimum atomic E-state index is 0.205. The van der Waals surface area contributed by atoms with Crippen LogP contribution in [0.4, 0.5) is 0 Å². The van der Waals surface area contributed by atoms with E-state index in [-0.39, 0.29) is 5.91 Å². The molecule has 1 aliphatic heterocycles. The van der Waals surface area contributed by atoms with Crippen LogP contribution in [0.15, 0.2) is 18.3 Å². The van der Waals surface area contributed by atoms with Crippen LogP contribution in [0, 0.1) is 6.92 Å². The maximum atomic E-state index is 12.5. The Morgan fingerprint density at radius 3 is 2.84 bits per heavy atom. The summed E-state index contributed by atoms with van der Waals surface area (Å²) in [6.45, 7) is 6.88. The molecule has 0 atom stereocenters. The molecular formula is C15H23N3O. The number of aryl methyl sites for hydroxylation is 1. The van der Waals surface area contributed by atoms with Gasteiger partial charge in [-0.25, -0.2) is 0 Å². The standard InChI is InChI=1S/C15H23N3O/c1-3-18(13-6-9-16-10-7-13)15(19)11-14-12(2)5-4-8-17-14/h4-5,8,13,16H,3,6-7,9-11H2,1-2H3. The van der Waals surface area contributed by atoms with Gasteiger partial charge in [0.15, 0.2) is 0 Å². The highest BCUT2D eigenvalue weighted by atomic mass is 16.2. The normalized spacial score (nSPS) is 16.3. The Morgan fingerprint density at radius 2 is 2.21 bits per heavy atom. The zero-order chi connectivity index (χ0) is 13.7. The van der Waals surface area contributed by atoms with Gasteiger partial charge in [0.25, 0.3) is 0 Å². The molecule has 1 saturated heterocycles. The van der Waals surface area contributed by atoms with Gasteiger partial charge in [0.05, 0.1) is 12.1 Å². The molecule has 1 fully saturated rings. The van der Waals surface area contributed by atoms with Gasteiger partial charge in [-0.3, -0.25) is 9.78 Å². The first kappa shape index (κ1) is 14.0. The van der Waals surface area contributed by atoms with Crippen LogP contribution in [-0.4, -0.2) is 41.5 Å². The zero-order valence-corrected chi connectivity index (χ0v) is 11.9. The van der Waals surface area contributed by atoms with Gasteiger partial charge < -0.3 is 10.2 Å². The molecule has 0 saturated carbocycles. The molecule has 1 aliphatic rings. The second-order valence-corrected chi connectivity index (χ2v) is 5.10. The molecule has 0 spiro atoms. The number of hydrogen-bond donors (Lipinski definition) is 1. The summed E-state index contributed by atoms with van der Waals surface area (Å²) in [5.74, 6) is 0.205. The maximum Gasteiger partial charge on any atom is 0.228 e. The molecule has 0 aromatic carbocycles. The summed E-state index contributed by atoms with van der Waals surface area (Å²) in [4.78, 5) is 18.8. The van der Waals surface area contributed by atoms with Crippen molar-refractivity contribution >= 4 is 5.91 Å². The number of amides is 1. The smallest absolute Gasteiger partial charge is 0.228 e. The van der Waals surface area contributed by atoms with E-state index in [1.807, 2.05) is 24.0 Å². The van der Waals surface area contributed by atoms with Gasteiger partial charge in [-0.15, -0.1) is 0 Å². The predicted octanol–water partition coefficient (Wildman–Crippen LogP) is 1.53. The molecule has 2 rings (SSSR count). The molecule has 19 heavy (non-hydrogen) atoms. The van der Waals surface area contributed by atoms with Gasteiger partial charge in [0.2, 0.25) is 5.91 Å². The average molecular weight is 261 g/mol. The summed E-state index contributed by atoms with van der Waals surface area (Å²) in [5.41, 5.74) is 2.00. The molecule has 0 bridgehead atoms. The number of carbonyl (C=O) groups is 1. The summed E-state index contributed by atoms with van der Waals surface area (Å²) >= 11 is 0. The second-order valence-electron chi connectivity index (χ2n) is 5.10. The molecule has 4 heteroatoms. The number of nitrogens with one attached hydrogen (secondary N) is 1. The van der Waals surface area contributed by atoms with E-state index in [1.54, 1.807) is 6.20 Å². The monoisotopic (exact) mass is 261 g/mol. The molecule has 2 heterocycles. The number of rotatable bonds is 4. The van der Waals surface area contributed by atoms with Crippen LogP contribution in [0.1, 0.15) is 31.0 Å². The second kappa shape index (κ2) is 6.66. The molecule has 104 valence electrons. The van der Waals surface area contributed by atoms with Gasteiger partial charge in [-0.2, -0.15) is 0 Å². The van der Waals surface area contributed by atoms with Crippen LogP contribution >= 0.6 is 0 Å². The Labute approximate surface area is 115 Å². The van der Waals surface area contributed by atoms with E-state index in [1.165, 1.54) is 0 Å². The summed E-state index contributed by atoms with van der Waals surface area (Å²) in [6, 6.07) is 4.31. The van der Waals surface area contributed by atoms with E-state index < -0.39 is 0 Å². The molecule has 0 radical (unpaired) electrons. The molecule has 1 N–H and O–H groups in total. The zero-order valence-electron chi connectivity index (χ0n) is 11.9. The molecule has 0 unspecified atom stereocenters. The first-order valence-corrected chi connectivity index (χ1v) is 7.13. The lowest BCUT2D eigenvalue weighted by Gasteiger charge is -2.34. The summed E-state index contributed by atoms with van der Waals surface area (Å²) in [6.07, 6.45) is 4.29. The summed E-state index contributed by atoms with van der Waals surface area (Å²) < 4.78 is 0. The van der Waals surface area contributed by atoms with Crippen molar-refractivity contribution in [1.82, 2.24) is 15.2 Å². The molecule has 1 aromatic rings. The van der Waals surface area contributed by atoms with Crippen molar-refractivity contribution in [1.29, 1.82) is 0 Å².